The molecular formula is C24H24N4O2S. The highest BCUT2D eigenvalue weighted by atomic mass is 32.2. The molecule has 0 spiro atoms. The molecule has 6 nitrogen and oxygen atoms in total. The highest BCUT2D eigenvalue weighted by Gasteiger charge is 2.15. The smallest absolute Gasteiger partial charge is 0.343 e. The molecule has 7 heteroatoms. The van der Waals surface area contributed by atoms with E-state index in [1.165, 1.54) is 11.8 Å². The van der Waals surface area contributed by atoms with Gasteiger partial charge in [0.25, 0.3) is 0 Å². The van der Waals surface area contributed by atoms with Gasteiger partial charge in [-0.15, -0.1) is 5.10 Å². The molecule has 0 radical (unpaired) electrons. The van der Waals surface area contributed by atoms with E-state index < -0.39 is 0 Å². The maximum Gasteiger partial charge on any atom is 0.343 e. The van der Waals surface area contributed by atoms with Crippen molar-refractivity contribution >= 4 is 28.4 Å². The van der Waals surface area contributed by atoms with Gasteiger partial charge in [-0.25, -0.2) is 9.89 Å². The minimum atomic E-state index is -0.261. The summed E-state index contributed by atoms with van der Waals surface area (Å²) in [5.41, 5.74) is 1.96. The van der Waals surface area contributed by atoms with Gasteiger partial charge in [-0.2, -0.15) is 0 Å². The zero-order valence-electron chi connectivity index (χ0n) is 17.2. The second-order valence-electron chi connectivity index (χ2n) is 7.34. The fourth-order valence-corrected chi connectivity index (χ4v) is 4.40. The lowest BCUT2D eigenvalue weighted by molar-refractivity contribution is -0.119. The number of hydrogen-bond acceptors (Lipinski definition) is 4. The number of rotatable bonds is 8. The summed E-state index contributed by atoms with van der Waals surface area (Å²) in [5.74, 6) is 0.0839. The summed E-state index contributed by atoms with van der Waals surface area (Å²) in [7, 11) is 0. The molecule has 1 heterocycles. The van der Waals surface area contributed by atoms with Crippen LogP contribution in [-0.2, 0) is 17.8 Å². The lowest BCUT2D eigenvalue weighted by atomic mass is 10.00. The molecule has 0 fully saturated rings. The maximum absolute atomic E-state index is 12.6. The molecule has 1 unspecified atom stereocenters. The second-order valence-corrected chi connectivity index (χ2v) is 8.29. The van der Waals surface area contributed by atoms with Crippen molar-refractivity contribution in [3.63, 3.8) is 0 Å². The first-order valence-corrected chi connectivity index (χ1v) is 11.2. The SMILES string of the molecule is CC(NC(=O)CSc1n[nH]c(=O)n1CCc1ccccc1)c1cccc2ccccc12. The molecule has 31 heavy (non-hydrogen) atoms. The van der Waals surface area contributed by atoms with Crippen LogP contribution in [0.3, 0.4) is 0 Å². The first-order valence-electron chi connectivity index (χ1n) is 10.2. The van der Waals surface area contributed by atoms with Crippen LogP contribution in [0.4, 0.5) is 0 Å². The van der Waals surface area contributed by atoms with Crippen LogP contribution in [0.5, 0.6) is 0 Å². The number of amides is 1. The molecule has 158 valence electrons. The summed E-state index contributed by atoms with van der Waals surface area (Å²) in [4.78, 5) is 24.7. The predicted octanol–water partition coefficient (Wildman–Crippen LogP) is 3.94. The van der Waals surface area contributed by atoms with E-state index in [2.05, 4.69) is 33.7 Å². The Morgan fingerprint density at radius 1 is 1.06 bits per heavy atom. The van der Waals surface area contributed by atoms with Crippen molar-refractivity contribution in [2.24, 2.45) is 0 Å². The van der Waals surface area contributed by atoms with Gasteiger partial charge in [-0.05, 0) is 35.2 Å². The fourth-order valence-electron chi connectivity index (χ4n) is 3.62. The van der Waals surface area contributed by atoms with Gasteiger partial charge in [0.15, 0.2) is 5.16 Å². The quantitative estimate of drug-likeness (QED) is 0.414. The van der Waals surface area contributed by atoms with Crippen LogP contribution in [0.2, 0.25) is 0 Å². The second kappa shape index (κ2) is 9.66. The third kappa shape index (κ3) is 5.06. The molecule has 1 aromatic heterocycles. The number of carbonyl (C=O) groups excluding carboxylic acids is 1. The van der Waals surface area contributed by atoms with E-state index in [9.17, 15) is 9.59 Å². The van der Waals surface area contributed by atoms with Crippen molar-refractivity contribution in [1.82, 2.24) is 20.1 Å². The summed E-state index contributed by atoms with van der Waals surface area (Å²) in [6.45, 7) is 2.49. The van der Waals surface area contributed by atoms with Gasteiger partial charge < -0.3 is 5.32 Å². The molecule has 1 atom stereocenters. The minimum Gasteiger partial charge on any atom is -0.349 e. The van der Waals surface area contributed by atoms with Gasteiger partial charge in [0, 0.05) is 6.54 Å². The Hall–Kier alpha value is -3.32. The zero-order chi connectivity index (χ0) is 21.6. The number of aromatic amines is 1. The Bertz CT molecular complexity index is 1230. The number of carbonyl (C=O) groups is 1. The van der Waals surface area contributed by atoms with Gasteiger partial charge in [0.2, 0.25) is 5.91 Å². The Labute approximate surface area is 184 Å². The summed E-state index contributed by atoms with van der Waals surface area (Å²) in [6, 6.07) is 24.1. The van der Waals surface area contributed by atoms with Crippen molar-refractivity contribution in [3.8, 4) is 0 Å². The molecule has 4 aromatic rings. The topological polar surface area (TPSA) is 79.8 Å². The highest BCUT2D eigenvalue weighted by molar-refractivity contribution is 7.99. The van der Waals surface area contributed by atoms with Crippen molar-refractivity contribution in [2.45, 2.75) is 31.1 Å². The van der Waals surface area contributed by atoms with Crippen molar-refractivity contribution in [2.75, 3.05) is 5.75 Å². The van der Waals surface area contributed by atoms with Crippen molar-refractivity contribution in [1.29, 1.82) is 0 Å². The maximum atomic E-state index is 12.6. The molecule has 2 N–H and O–H groups in total. The van der Waals surface area contributed by atoms with Crippen LogP contribution in [0.15, 0.2) is 82.7 Å². The number of H-pyrrole nitrogens is 1. The molecular weight excluding hydrogens is 408 g/mol. The molecule has 0 aliphatic rings. The average Bonchev–Trinajstić information content (AvgIpc) is 3.15. The van der Waals surface area contributed by atoms with Crippen molar-refractivity contribution < 1.29 is 4.79 Å². The fraction of sp³-hybridized carbons (Fsp3) is 0.208. The number of benzene rings is 3. The number of aromatic nitrogens is 3. The van der Waals surface area contributed by atoms with E-state index >= 15 is 0 Å². The Balaban J connectivity index is 1.37. The normalized spacial score (nSPS) is 12.0. The van der Waals surface area contributed by atoms with E-state index in [4.69, 9.17) is 0 Å². The van der Waals surface area contributed by atoms with Gasteiger partial charge in [-0.1, -0.05) is 84.6 Å². The third-order valence-corrected chi connectivity index (χ3v) is 6.17. The molecule has 0 saturated carbocycles. The van der Waals surface area contributed by atoms with E-state index in [0.29, 0.717) is 11.7 Å². The van der Waals surface area contributed by atoms with Crippen LogP contribution < -0.4 is 11.0 Å². The largest absolute Gasteiger partial charge is 0.349 e. The van der Waals surface area contributed by atoms with Gasteiger partial charge in [0.05, 0.1) is 11.8 Å². The lowest BCUT2D eigenvalue weighted by Gasteiger charge is -2.16. The van der Waals surface area contributed by atoms with Gasteiger partial charge in [0.1, 0.15) is 0 Å². The summed E-state index contributed by atoms with van der Waals surface area (Å²) < 4.78 is 1.58. The monoisotopic (exact) mass is 432 g/mol. The molecule has 3 aromatic carbocycles. The van der Waals surface area contributed by atoms with Crippen molar-refractivity contribution in [3.05, 3.63) is 94.4 Å². The third-order valence-electron chi connectivity index (χ3n) is 5.19. The van der Waals surface area contributed by atoms with E-state index in [-0.39, 0.29) is 23.4 Å². The van der Waals surface area contributed by atoms with E-state index in [1.807, 2.05) is 61.5 Å². The molecule has 0 saturated heterocycles. The van der Waals surface area contributed by atoms with Crippen LogP contribution in [0.1, 0.15) is 24.1 Å². The van der Waals surface area contributed by atoms with E-state index in [0.717, 1.165) is 28.3 Å². The average molecular weight is 433 g/mol. The standard InChI is InChI=1S/C24H24N4O2S/c1-17(20-13-7-11-19-10-5-6-12-21(19)20)25-22(29)16-31-24-27-26-23(30)28(24)15-14-18-8-3-2-4-9-18/h2-13,17H,14-16H2,1H3,(H,25,29)(H,26,30). The van der Waals surface area contributed by atoms with Crippen LogP contribution in [0, 0.1) is 0 Å². The first kappa shape index (κ1) is 20.9. The number of aryl methyl sites for hydroxylation is 1. The number of fused-ring (bicyclic) bond motifs is 1. The summed E-state index contributed by atoms with van der Waals surface area (Å²) in [6.07, 6.45) is 0.720. The number of hydrogen-bond donors (Lipinski definition) is 2. The molecule has 0 aliphatic carbocycles. The number of nitrogens with one attached hydrogen (secondary N) is 2. The number of thioether (sulfide) groups is 1. The lowest BCUT2D eigenvalue weighted by Crippen LogP contribution is -2.28. The predicted molar refractivity (Wildman–Crippen MR) is 124 cm³/mol. The Morgan fingerprint density at radius 2 is 1.81 bits per heavy atom. The van der Waals surface area contributed by atoms with Crippen LogP contribution in [0.25, 0.3) is 10.8 Å². The highest BCUT2D eigenvalue weighted by Crippen LogP contribution is 2.24. The molecule has 0 bridgehead atoms. The molecule has 4 rings (SSSR count). The van der Waals surface area contributed by atoms with Crippen LogP contribution in [-0.4, -0.2) is 26.4 Å². The van der Waals surface area contributed by atoms with Crippen LogP contribution >= 0.6 is 11.8 Å². The summed E-state index contributed by atoms with van der Waals surface area (Å²) in [5, 5.41) is 12.4. The minimum absolute atomic E-state index is 0.101. The zero-order valence-corrected chi connectivity index (χ0v) is 18.1. The van der Waals surface area contributed by atoms with Gasteiger partial charge in [-0.3, -0.25) is 9.36 Å². The van der Waals surface area contributed by atoms with E-state index in [1.54, 1.807) is 4.57 Å². The molecule has 1 amide bonds. The molecule has 0 aliphatic heterocycles. The van der Waals surface area contributed by atoms with Gasteiger partial charge >= 0.3 is 5.69 Å². The number of nitrogens with zero attached hydrogens (tertiary/aromatic N) is 2. The Morgan fingerprint density at radius 3 is 2.65 bits per heavy atom. The Kier molecular flexibility index (Phi) is 6.52. The first-order chi connectivity index (χ1) is 15.1. The summed E-state index contributed by atoms with van der Waals surface area (Å²) >= 11 is 1.26.